The highest BCUT2D eigenvalue weighted by Crippen LogP contribution is 2.31. The van der Waals surface area contributed by atoms with Crippen LogP contribution in [0.2, 0.25) is 0 Å². The molecule has 1 saturated heterocycles. The van der Waals surface area contributed by atoms with Gasteiger partial charge < -0.3 is 4.74 Å². The number of nitrogens with zero attached hydrogens (tertiary/aromatic N) is 1. The smallest absolute Gasteiger partial charge is 0.244 e. The molecule has 0 spiro atoms. The van der Waals surface area contributed by atoms with Crippen LogP contribution in [0.5, 0.6) is 5.75 Å². The summed E-state index contributed by atoms with van der Waals surface area (Å²) in [6, 6.07) is 4.24. The van der Waals surface area contributed by atoms with Gasteiger partial charge in [0.15, 0.2) is 0 Å². The number of benzene rings is 1. The van der Waals surface area contributed by atoms with Crippen molar-refractivity contribution in [1.29, 1.82) is 0 Å². The van der Waals surface area contributed by atoms with Gasteiger partial charge in [-0.15, -0.1) is 0 Å². The SMILES string of the molecule is COc1ccc(N2C(=O)CCC2=O)cc1S(=O)(=O)NCC(C)C. The van der Waals surface area contributed by atoms with E-state index in [1.54, 1.807) is 0 Å². The van der Waals surface area contributed by atoms with Gasteiger partial charge in [0.2, 0.25) is 21.8 Å². The van der Waals surface area contributed by atoms with E-state index >= 15 is 0 Å². The molecule has 0 saturated carbocycles. The maximum absolute atomic E-state index is 12.5. The highest BCUT2D eigenvalue weighted by atomic mass is 32.2. The van der Waals surface area contributed by atoms with E-state index in [1.807, 2.05) is 13.8 Å². The van der Waals surface area contributed by atoms with Gasteiger partial charge in [0, 0.05) is 19.4 Å². The van der Waals surface area contributed by atoms with Crippen LogP contribution >= 0.6 is 0 Å². The lowest BCUT2D eigenvalue weighted by atomic mass is 10.2. The Labute approximate surface area is 135 Å². The molecule has 1 aliphatic rings. The number of imide groups is 1. The zero-order valence-electron chi connectivity index (χ0n) is 13.3. The summed E-state index contributed by atoms with van der Waals surface area (Å²) in [5.74, 6) is -0.373. The van der Waals surface area contributed by atoms with Crippen molar-refractivity contribution in [2.45, 2.75) is 31.6 Å². The first-order chi connectivity index (χ1) is 10.8. The minimum Gasteiger partial charge on any atom is -0.495 e. The predicted octanol–water partition coefficient (Wildman–Crippen LogP) is 1.28. The first kappa shape index (κ1) is 17.4. The molecule has 0 aliphatic carbocycles. The van der Waals surface area contributed by atoms with Crippen LogP contribution < -0.4 is 14.4 Å². The Morgan fingerprint density at radius 1 is 1.22 bits per heavy atom. The Morgan fingerprint density at radius 3 is 2.35 bits per heavy atom. The maximum Gasteiger partial charge on any atom is 0.244 e. The molecule has 0 radical (unpaired) electrons. The Kier molecular flexibility index (Phi) is 5.06. The monoisotopic (exact) mass is 340 g/mol. The first-order valence-electron chi connectivity index (χ1n) is 7.29. The third-order valence-electron chi connectivity index (χ3n) is 3.43. The van der Waals surface area contributed by atoms with Crippen molar-refractivity contribution in [3.63, 3.8) is 0 Å². The normalized spacial score (nSPS) is 15.6. The highest BCUT2D eigenvalue weighted by Gasteiger charge is 2.32. The summed E-state index contributed by atoms with van der Waals surface area (Å²) < 4.78 is 32.5. The van der Waals surface area contributed by atoms with E-state index in [1.165, 1.54) is 25.3 Å². The third kappa shape index (κ3) is 3.70. The fourth-order valence-electron chi connectivity index (χ4n) is 2.23. The van der Waals surface area contributed by atoms with Crippen molar-refractivity contribution in [2.24, 2.45) is 5.92 Å². The average molecular weight is 340 g/mol. The molecule has 0 aromatic heterocycles. The first-order valence-corrected chi connectivity index (χ1v) is 8.78. The lowest BCUT2D eigenvalue weighted by Crippen LogP contribution is -2.30. The number of carbonyl (C=O) groups is 2. The van der Waals surface area contributed by atoms with Crippen molar-refractivity contribution in [3.8, 4) is 5.75 Å². The predicted molar refractivity (Wildman–Crippen MR) is 84.7 cm³/mol. The van der Waals surface area contributed by atoms with Crippen LogP contribution in [0.3, 0.4) is 0 Å². The van der Waals surface area contributed by atoms with Crippen molar-refractivity contribution >= 4 is 27.5 Å². The number of nitrogens with one attached hydrogen (secondary N) is 1. The quantitative estimate of drug-likeness (QED) is 0.788. The fourth-order valence-corrected chi connectivity index (χ4v) is 3.63. The Hall–Kier alpha value is -1.93. The molecule has 0 atom stereocenters. The molecule has 7 nitrogen and oxygen atoms in total. The number of ether oxygens (including phenoxy) is 1. The molecule has 23 heavy (non-hydrogen) atoms. The molecule has 2 rings (SSSR count). The molecule has 1 aromatic carbocycles. The van der Waals surface area contributed by atoms with Crippen LogP contribution in [0, 0.1) is 5.92 Å². The van der Waals surface area contributed by atoms with E-state index < -0.39 is 10.0 Å². The van der Waals surface area contributed by atoms with E-state index in [9.17, 15) is 18.0 Å². The van der Waals surface area contributed by atoms with Crippen molar-refractivity contribution in [3.05, 3.63) is 18.2 Å². The zero-order chi connectivity index (χ0) is 17.2. The molecular weight excluding hydrogens is 320 g/mol. The second-order valence-corrected chi connectivity index (χ2v) is 7.44. The molecule has 0 bridgehead atoms. The molecular formula is C15H20N2O5S. The lowest BCUT2D eigenvalue weighted by Gasteiger charge is -2.17. The van der Waals surface area contributed by atoms with E-state index in [0.29, 0.717) is 0 Å². The summed E-state index contributed by atoms with van der Waals surface area (Å²) in [5.41, 5.74) is 0.239. The van der Waals surface area contributed by atoms with Gasteiger partial charge >= 0.3 is 0 Å². The second kappa shape index (κ2) is 6.67. The standard InChI is InChI=1S/C15H20N2O5S/c1-10(2)9-16-23(20,21)13-8-11(4-5-12(13)22-3)17-14(18)6-7-15(17)19/h4-5,8,10,16H,6-7,9H2,1-3H3. The van der Waals surface area contributed by atoms with E-state index in [2.05, 4.69) is 4.72 Å². The number of rotatable bonds is 6. The zero-order valence-corrected chi connectivity index (χ0v) is 14.1. The molecule has 1 heterocycles. The van der Waals surface area contributed by atoms with Gasteiger partial charge in [0.05, 0.1) is 12.8 Å². The van der Waals surface area contributed by atoms with Crippen LogP contribution in [0.4, 0.5) is 5.69 Å². The highest BCUT2D eigenvalue weighted by molar-refractivity contribution is 7.89. The van der Waals surface area contributed by atoms with E-state index in [4.69, 9.17) is 4.74 Å². The summed E-state index contributed by atoms with van der Waals surface area (Å²) in [4.78, 5) is 24.6. The molecule has 1 aliphatic heterocycles. The average Bonchev–Trinajstić information content (AvgIpc) is 2.84. The fraction of sp³-hybridized carbons (Fsp3) is 0.467. The third-order valence-corrected chi connectivity index (χ3v) is 4.87. The summed E-state index contributed by atoms with van der Waals surface area (Å²) in [7, 11) is -2.45. The topological polar surface area (TPSA) is 92.8 Å². The summed E-state index contributed by atoms with van der Waals surface area (Å²) in [6.07, 6.45) is 0.275. The largest absolute Gasteiger partial charge is 0.495 e. The van der Waals surface area contributed by atoms with Gasteiger partial charge in [-0.05, 0) is 24.1 Å². The second-order valence-electron chi connectivity index (χ2n) is 5.70. The maximum atomic E-state index is 12.5. The van der Waals surface area contributed by atoms with Crippen LogP contribution in [0.25, 0.3) is 0 Å². The number of amides is 2. The molecule has 2 amide bonds. The lowest BCUT2D eigenvalue weighted by molar-refractivity contribution is -0.121. The summed E-state index contributed by atoms with van der Waals surface area (Å²) >= 11 is 0. The van der Waals surface area contributed by atoms with E-state index in [-0.39, 0.29) is 53.5 Å². The van der Waals surface area contributed by atoms with Crippen molar-refractivity contribution in [1.82, 2.24) is 4.72 Å². The van der Waals surface area contributed by atoms with E-state index in [0.717, 1.165) is 4.90 Å². The number of methoxy groups -OCH3 is 1. The Bertz CT molecular complexity index is 711. The Balaban J connectivity index is 2.44. The molecule has 1 aromatic rings. The number of carbonyl (C=O) groups excluding carboxylic acids is 2. The molecule has 1 N–H and O–H groups in total. The minimum absolute atomic E-state index is 0.0920. The summed E-state index contributed by atoms with van der Waals surface area (Å²) in [5, 5.41) is 0. The van der Waals surface area contributed by atoms with Crippen molar-refractivity contribution < 1.29 is 22.7 Å². The number of sulfonamides is 1. The van der Waals surface area contributed by atoms with Crippen LogP contribution in [0.15, 0.2) is 23.1 Å². The molecule has 8 heteroatoms. The molecule has 126 valence electrons. The summed E-state index contributed by atoms with van der Waals surface area (Å²) in [6.45, 7) is 4.05. The van der Waals surface area contributed by atoms with Gasteiger partial charge in [0.1, 0.15) is 10.6 Å². The minimum atomic E-state index is -3.81. The molecule has 1 fully saturated rings. The number of hydrogen-bond acceptors (Lipinski definition) is 5. The van der Waals surface area contributed by atoms with Crippen molar-refractivity contribution in [2.75, 3.05) is 18.6 Å². The van der Waals surface area contributed by atoms with Gasteiger partial charge in [0.25, 0.3) is 0 Å². The number of hydrogen-bond donors (Lipinski definition) is 1. The number of anilines is 1. The Morgan fingerprint density at radius 2 is 1.83 bits per heavy atom. The van der Waals surface area contributed by atoms with Gasteiger partial charge in [-0.2, -0.15) is 0 Å². The molecule has 0 unspecified atom stereocenters. The van der Waals surface area contributed by atoms with Gasteiger partial charge in [-0.3, -0.25) is 14.5 Å². The van der Waals surface area contributed by atoms with Gasteiger partial charge in [-0.25, -0.2) is 13.1 Å². The van der Waals surface area contributed by atoms with Gasteiger partial charge in [-0.1, -0.05) is 13.8 Å². The van der Waals surface area contributed by atoms with Crippen LogP contribution in [-0.4, -0.2) is 33.9 Å². The van der Waals surface area contributed by atoms with Crippen LogP contribution in [-0.2, 0) is 19.6 Å². The van der Waals surface area contributed by atoms with Crippen LogP contribution in [0.1, 0.15) is 26.7 Å².